The van der Waals surface area contributed by atoms with Crippen LogP contribution in [0.3, 0.4) is 0 Å². The molecule has 1 aliphatic heterocycles. The Hall–Kier alpha value is -3.53. The standard InChI is InChI=1S/C25H17ClN4O3S2/c26-18-8-6-17(7-9-18)21(31)19-20(16-10-12-27-13-11-16)30(23(33)22(19)32)24-28-29-25(35-24)34-14-15-4-2-1-3-5-15/h1-13,20,31H,14H2/b21-19-. The number of hydrogen-bond acceptors (Lipinski definition) is 8. The molecule has 2 aromatic carbocycles. The Balaban J connectivity index is 1.53. The number of hydrogen-bond donors (Lipinski definition) is 1. The van der Waals surface area contributed by atoms with Gasteiger partial charge in [0.2, 0.25) is 5.13 Å². The highest BCUT2D eigenvalue weighted by Crippen LogP contribution is 2.43. The monoisotopic (exact) mass is 520 g/mol. The largest absolute Gasteiger partial charge is 0.507 e. The van der Waals surface area contributed by atoms with Crippen molar-refractivity contribution in [3.8, 4) is 0 Å². The maximum Gasteiger partial charge on any atom is 0.301 e. The van der Waals surface area contributed by atoms with Gasteiger partial charge in [-0.15, -0.1) is 10.2 Å². The van der Waals surface area contributed by atoms with Crippen molar-refractivity contribution in [2.24, 2.45) is 0 Å². The highest BCUT2D eigenvalue weighted by Gasteiger charge is 2.48. The average molecular weight is 521 g/mol. The summed E-state index contributed by atoms with van der Waals surface area (Å²) in [5.41, 5.74) is 2.10. The van der Waals surface area contributed by atoms with Gasteiger partial charge in [0.05, 0.1) is 11.6 Å². The summed E-state index contributed by atoms with van der Waals surface area (Å²) in [6.45, 7) is 0. The molecule has 0 spiro atoms. The molecule has 1 N–H and O–H groups in total. The van der Waals surface area contributed by atoms with Gasteiger partial charge in [0.15, 0.2) is 4.34 Å². The molecule has 2 aromatic heterocycles. The number of pyridine rings is 1. The minimum absolute atomic E-state index is 0.0304. The zero-order valence-corrected chi connectivity index (χ0v) is 20.4. The van der Waals surface area contributed by atoms with Crippen molar-refractivity contribution in [1.29, 1.82) is 0 Å². The van der Waals surface area contributed by atoms with Gasteiger partial charge in [-0.1, -0.05) is 65.0 Å². The molecular formula is C25H17ClN4O3S2. The third-order valence-corrected chi connectivity index (χ3v) is 7.77. The Morgan fingerprint density at radius 1 is 1.00 bits per heavy atom. The summed E-state index contributed by atoms with van der Waals surface area (Å²) in [6, 6.07) is 18.9. The lowest BCUT2D eigenvalue weighted by Gasteiger charge is -2.22. The van der Waals surface area contributed by atoms with Crippen LogP contribution in [0.4, 0.5) is 5.13 Å². The van der Waals surface area contributed by atoms with Gasteiger partial charge in [0, 0.05) is 28.7 Å². The zero-order chi connectivity index (χ0) is 24.4. The van der Waals surface area contributed by atoms with Crippen LogP contribution in [0.15, 0.2) is 89.0 Å². The van der Waals surface area contributed by atoms with Gasteiger partial charge in [0.25, 0.3) is 5.78 Å². The number of anilines is 1. The van der Waals surface area contributed by atoms with Gasteiger partial charge in [0.1, 0.15) is 5.76 Å². The second-order valence-electron chi connectivity index (χ2n) is 7.58. The highest BCUT2D eigenvalue weighted by atomic mass is 35.5. The lowest BCUT2D eigenvalue weighted by Crippen LogP contribution is -2.29. The molecular weight excluding hydrogens is 504 g/mol. The first kappa shape index (κ1) is 23.2. The number of ketones is 1. The number of Topliss-reactive ketones (excluding diaryl/α,β-unsaturated/α-hetero) is 1. The number of aromatic nitrogens is 3. The minimum atomic E-state index is -0.881. The van der Waals surface area contributed by atoms with Crippen molar-refractivity contribution < 1.29 is 14.7 Å². The lowest BCUT2D eigenvalue weighted by atomic mass is 9.96. The summed E-state index contributed by atoms with van der Waals surface area (Å²) >= 11 is 8.69. The summed E-state index contributed by atoms with van der Waals surface area (Å²) < 4.78 is 0.664. The molecule has 0 radical (unpaired) electrons. The quantitative estimate of drug-likeness (QED) is 0.118. The number of aliphatic hydroxyl groups excluding tert-OH is 1. The van der Waals surface area contributed by atoms with Crippen molar-refractivity contribution in [3.63, 3.8) is 0 Å². The van der Waals surface area contributed by atoms with Crippen molar-refractivity contribution in [1.82, 2.24) is 15.2 Å². The Kier molecular flexibility index (Phi) is 6.63. The van der Waals surface area contributed by atoms with Gasteiger partial charge in [-0.25, -0.2) is 0 Å². The van der Waals surface area contributed by atoms with Crippen molar-refractivity contribution in [2.45, 2.75) is 16.1 Å². The van der Waals surface area contributed by atoms with Crippen LogP contribution in [-0.4, -0.2) is 32.0 Å². The van der Waals surface area contributed by atoms with E-state index in [1.807, 2.05) is 30.3 Å². The van der Waals surface area contributed by atoms with Crippen LogP contribution in [0.1, 0.15) is 22.7 Å². The third kappa shape index (κ3) is 4.70. The normalized spacial score (nSPS) is 17.2. The van der Waals surface area contributed by atoms with Gasteiger partial charge in [-0.05, 0) is 47.5 Å². The number of aliphatic hydroxyl groups is 1. The Labute approximate surface area is 214 Å². The predicted octanol–water partition coefficient (Wildman–Crippen LogP) is 5.51. The molecule has 0 bridgehead atoms. The number of rotatable bonds is 6. The molecule has 0 aliphatic carbocycles. The number of nitrogens with zero attached hydrogens (tertiary/aromatic N) is 4. The topological polar surface area (TPSA) is 96.3 Å². The fraction of sp³-hybridized carbons (Fsp3) is 0.0800. The molecule has 0 saturated carbocycles. The smallest absolute Gasteiger partial charge is 0.301 e. The fourth-order valence-corrected chi connectivity index (χ4v) is 5.68. The van der Waals surface area contributed by atoms with Crippen LogP contribution in [-0.2, 0) is 15.3 Å². The lowest BCUT2D eigenvalue weighted by molar-refractivity contribution is -0.132. The van der Waals surface area contributed by atoms with E-state index in [1.165, 1.54) is 28.0 Å². The highest BCUT2D eigenvalue weighted by molar-refractivity contribution is 8.00. The Morgan fingerprint density at radius 2 is 1.71 bits per heavy atom. The maximum absolute atomic E-state index is 13.2. The second-order valence-corrected chi connectivity index (χ2v) is 10.2. The van der Waals surface area contributed by atoms with E-state index < -0.39 is 17.7 Å². The molecule has 1 saturated heterocycles. The van der Waals surface area contributed by atoms with Crippen molar-refractivity contribution >= 4 is 57.3 Å². The molecule has 35 heavy (non-hydrogen) atoms. The number of carbonyl (C=O) groups excluding carboxylic acids is 2. The Bertz CT molecular complexity index is 1410. The fourth-order valence-electron chi connectivity index (χ4n) is 3.73. The van der Waals surface area contributed by atoms with E-state index >= 15 is 0 Å². The summed E-state index contributed by atoms with van der Waals surface area (Å²) in [6.07, 6.45) is 3.14. The summed E-state index contributed by atoms with van der Waals surface area (Å²) in [4.78, 5) is 31.7. The van der Waals surface area contributed by atoms with Crippen molar-refractivity contribution in [2.75, 3.05) is 4.90 Å². The maximum atomic E-state index is 13.2. The van der Waals surface area contributed by atoms with E-state index in [-0.39, 0.29) is 16.5 Å². The first-order chi connectivity index (χ1) is 17.0. The molecule has 10 heteroatoms. The molecule has 3 heterocycles. The summed E-state index contributed by atoms with van der Waals surface area (Å²) in [5.74, 6) is -1.17. The van der Waals surface area contributed by atoms with Gasteiger partial charge in [-0.2, -0.15) is 0 Å². The molecule has 174 valence electrons. The van der Waals surface area contributed by atoms with Crippen LogP contribution in [0.5, 0.6) is 0 Å². The average Bonchev–Trinajstić information content (AvgIpc) is 3.46. The number of thioether (sulfide) groups is 1. The zero-order valence-electron chi connectivity index (χ0n) is 18.0. The molecule has 1 fully saturated rings. The number of halogens is 1. The van der Waals surface area contributed by atoms with Crippen molar-refractivity contribution in [3.05, 3.63) is 106 Å². The Morgan fingerprint density at radius 3 is 2.43 bits per heavy atom. The minimum Gasteiger partial charge on any atom is -0.507 e. The molecule has 7 nitrogen and oxygen atoms in total. The van der Waals surface area contributed by atoms with Crippen LogP contribution in [0.2, 0.25) is 5.02 Å². The molecule has 5 rings (SSSR count). The number of benzene rings is 2. The number of amides is 1. The van der Waals surface area contributed by atoms with Crippen LogP contribution < -0.4 is 4.90 Å². The summed E-state index contributed by atoms with van der Waals surface area (Å²) in [5, 5.41) is 20.3. The molecule has 1 aliphatic rings. The van der Waals surface area contributed by atoms with Gasteiger partial charge < -0.3 is 5.11 Å². The van der Waals surface area contributed by atoms with Gasteiger partial charge >= 0.3 is 5.91 Å². The molecule has 1 atom stereocenters. The first-order valence-corrected chi connectivity index (χ1v) is 12.7. The predicted molar refractivity (Wildman–Crippen MR) is 136 cm³/mol. The van der Waals surface area contributed by atoms with Crippen LogP contribution in [0.25, 0.3) is 5.76 Å². The van der Waals surface area contributed by atoms with E-state index in [9.17, 15) is 14.7 Å². The first-order valence-electron chi connectivity index (χ1n) is 10.5. The van der Waals surface area contributed by atoms with Gasteiger partial charge in [-0.3, -0.25) is 19.5 Å². The summed E-state index contributed by atoms with van der Waals surface area (Å²) in [7, 11) is 0. The molecule has 1 unspecified atom stereocenters. The molecule has 1 amide bonds. The SMILES string of the molecule is O=C1C(=O)N(c2nnc(SCc3ccccc3)s2)C(c2ccncc2)/C1=C(/O)c1ccc(Cl)cc1. The van der Waals surface area contributed by atoms with Crippen LogP contribution in [0, 0.1) is 0 Å². The van der Waals surface area contributed by atoms with E-state index in [4.69, 9.17) is 11.6 Å². The second kappa shape index (κ2) is 9.99. The number of carbonyl (C=O) groups is 2. The van der Waals surface area contributed by atoms with E-state index in [2.05, 4.69) is 15.2 Å². The molecule has 4 aromatic rings. The van der Waals surface area contributed by atoms with E-state index in [1.54, 1.807) is 48.8 Å². The van der Waals surface area contributed by atoms with E-state index in [0.717, 1.165) is 5.56 Å². The third-order valence-electron chi connectivity index (χ3n) is 5.39. The van der Waals surface area contributed by atoms with E-state index in [0.29, 0.717) is 26.2 Å². The van der Waals surface area contributed by atoms with Crippen LogP contribution >= 0.6 is 34.7 Å².